The molecule has 1 saturated carbocycles. The lowest BCUT2D eigenvalue weighted by Crippen LogP contribution is -2.49. The lowest BCUT2D eigenvalue weighted by molar-refractivity contribution is 0.240. The van der Waals surface area contributed by atoms with Crippen molar-refractivity contribution in [1.29, 1.82) is 0 Å². The third-order valence-corrected chi connectivity index (χ3v) is 6.29. The van der Waals surface area contributed by atoms with Gasteiger partial charge >= 0.3 is 6.03 Å². The second-order valence-corrected chi connectivity index (χ2v) is 8.56. The molecule has 22 heavy (non-hydrogen) atoms. The lowest BCUT2D eigenvalue weighted by Gasteiger charge is -2.30. The van der Waals surface area contributed by atoms with Gasteiger partial charge in [-0.3, -0.25) is 4.90 Å². The quantitative estimate of drug-likeness (QED) is 0.924. The summed E-state index contributed by atoms with van der Waals surface area (Å²) < 4.78 is 23.1. The molecule has 3 rings (SSSR count). The average molecular weight is 322 g/mol. The maximum Gasteiger partial charge on any atom is 0.322 e. The van der Waals surface area contributed by atoms with Crippen molar-refractivity contribution in [2.24, 2.45) is 5.92 Å². The van der Waals surface area contributed by atoms with Gasteiger partial charge in [-0.05, 0) is 44.2 Å². The Balaban J connectivity index is 1.75. The SMILES string of the molecule is C[C@@H](C1CC1)N(C(=O)N[C@@H]1CCS(=O)(=O)C1)c1ccccc1. The molecule has 0 spiro atoms. The van der Waals surface area contributed by atoms with Crippen molar-refractivity contribution in [3.63, 3.8) is 0 Å². The number of anilines is 1. The summed E-state index contributed by atoms with van der Waals surface area (Å²) in [5, 5.41) is 2.90. The molecule has 0 radical (unpaired) electrons. The van der Waals surface area contributed by atoms with E-state index in [2.05, 4.69) is 12.2 Å². The van der Waals surface area contributed by atoms with Gasteiger partial charge in [-0.25, -0.2) is 13.2 Å². The second kappa shape index (κ2) is 5.91. The van der Waals surface area contributed by atoms with Crippen LogP contribution in [-0.4, -0.2) is 38.0 Å². The van der Waals surface area contributed by atoms with Crippen molar-refractivity contribution in [1.82, 2.24) is 5.32 Å². The Bertz CT molecular complexity index is 641. The molecule has 1 aromatic carbocycles. The number of urea groups is 1. The van der Waals surface area contributed by atoms with Gasteiger partial charge < -0.3 is 5.32 Å². The molecule has 2 atom stereocenters. The third-order valence-electron chi connectivity index (χ3n) is 4.52. The van der Waals surface area contributed by atoms with E-state index in [-0.39, 0.29) is 29.6 Å². The van der Waals surface area contributed by atoms with Gasteiger partial charge in [-0.15, -0.1) is 0 Å². The van der Waals surface area contributed by atoms with Crippen LogP contribution in [0.25, 0.3) is 0 Å². The summed E-state index contributed by atoms with van der Waals surface area (Å²) in [5.74, 6) is 0.763. The molecule has 1 saturated heterocycles. The maximum absolute atomic E-state index is 12.7. The highest BCUT2D eigenvalue weighted by Crippen LogP contribution is 2.37. The predicted octanol–water partition coefficient (Wildman–Crippen LogP) is 2.19. The molecule has 2 amide bonds. The van der Waals surface area contributed by atoms with Crippen molar-refractivity contribution in [3.05, 3.63) is 30.3 Å². The van der Waals surface area contributed by atoms with Crippen molar-refractivity contribution in [3.8, 4) is 0 Å². The Morgan fingerprint density at radius 3 is 2.45 bits per heavy atom. The first-order valence-electron chi connectivity index (χ1n) is 7.81. The fourth-order valence-electron chi connectivity index (χ4n) is 3.07. The highest BCUT2D eigenvalue weighted by Gasteiger charge is 2.37. The van der Waals surface area contributed by atoms with E-state index < -0.39 is 9.84 Å². The van der Waals surface area contributed by atoms with Crippen molar-refractivity contribution in [2.75, 3.05) is 16.4 Å². The van der Waals surface area contributed by atoms with Gasteiger partial charge in [0.1, 0.15) is 0 Å². The molecule has 1 N–H and O–H groups in total. The van der Waals surface area contributed by atoms with E-state index in [0.717, 1.165) is 18.5 Å². The maximum atomic E-state index is 12.7. The van der Waals surface area contributed by atoms with Crippen molar-refractivity contribution < 1.29 is 13.2 Å². The number of carbonyl (C=O) groups excluding carboxylic acids is 1. The van der Waals surface area contributed by atoms with Gasteiger partial charge in [0, 0.05) is 17.8 Å². The molecular formula is C16H22N2O3S. The number of nitrogens with one attached hydrogen (secondary N) is 1. The summed E-state index contributed by atoms with van der Waals surface area (Å²) in [6, 6.07) is 9.26. The minimum absolute atomic E-state index is 0.0547. The number of carbonyl (C=O) groups is 1. The van der Waals surface area contributed by atoms with Gasteiger partial charge in [0.15, 0.2) is 9.84 Å². The van der Waals surface area contributed by atoms with Crippen LogP contribution in [-0.2, 0) is 9.84 Å². The normalized spacial score (nSPS) is 24.7. The first kappa shape index (κ1) is 15.3. The van der Waals surface area contributed by atoms with Crippen LogP contribution in [0.5, 0.6) is 0 Å². The van der Waals surface area contributed by atoms with Gasteiger partial charge in [0.2, 0.25) is 0 Å². The predicted molar refractivity (Wildman–Crippen MR) is 86.7 cm³/mol. The third kappa shape index (κ3) is 3.43. The van der Waals surface area contributed by atoms with E-state index in [9.17, 15) is 13.2 Å². The molecule has 2 fully saturated rings. The van der Waals surface area contributed by atoms with Crippen LogP contribution in [0.3, 0.4) is 0 Å². The van der Waals surface area contributed by atoms with E-state index in [0.29, 0.717) is 12.3 Å². The molecule has 1 heterocycles. The highest BCUT2D eigenvalue weighted by molar-refractivity contribution is 7.91. The Kier molecular flexibility index (Phi) is 4.12. The zero-order chi connectivity index (χ0) is 15.7. The Hall–Kier alpha value is -1.56. The minimum Gasteiger partial charge on any atom is -0.334 e. The number of benzene rings is 1. The van der Waals surface area contributed by atoms with Crippen LogP contribution in [0.15, 0.2) is 30.3 Å². The monoisotopic (exact) mass is 322 g/mol. The first-order chi connectivity index (χ1) is 10.5. The number of hydrogen-bond donors (Lipinski definition) is 1. The number of nitrogens with zero attached hydrogens (tertiary/aromatic N) is 1. The molecule has 1 aliphatic heterocycles. The molecule has 5 nitrogen and oxygen atoms in total. The van der Waals surface area contributed by atoms with E-state index >= 15 is 0 Å². The van der Waals surface area contributed by atoms with Crippen molar-refractivity contribution in [2.45, 2.75) is 38.3 Å². The molecular weight excluding hydrogens is 300 g/mol. The van der Waals surface area contributed by atoms with Gasteiger partial charge in [-0.2, -0.15) is 0 Å². The summed E-state index contributed by atoms with van der Waals surface area (Å²) >= 11 is 0. The fraction of sp³-hybridized carbons (Fsp3) is 0.562. The Morgan fingerprint density at radius 2 is 1.91 bits per heavy atom. The molecule has 0 aromatic heterocycles. The summed E-state index contributed by atoms with van der Waals surface area (Å²) in [6.07, 6.45) is 2.81. The van der Waals surface area contributed by atoms with E-state index in [4.69, 9.17) is 0 Å². The first-order valence-corrected chi connectivity index (χ1v) is 9.63. The smallest absolute Gasteiger partial charge is 0.322 e. The van der Waals surface area contributed by atoms with E-state index in [1.54, 1.807) is 4.90 Å². The second-order valence-electron chi connectivity index (χ2n) is 6.33. The molecule has 1 aromatic rings. The molecule has 0 bridgehead atoms. The van der Waals surface area contributed by atoms with Gasteiger partial charge in [0.25, 0.3) is 0 Å². The van der Waals surface area contributed by atoms with Gasteiger partial charge in [-0.1, -0.05) is 18.2 Å². The largest absolute Gasteiger partial charge is 0.334 e. The lowest BCUT2D eigenvalue weighted by atomic mass is 10.1. The van der Waals surface area contributed by atoms with E-state index in [1.807, 2.05) is 30.3 Å². The van der Waals surface area contributed by atoms with Crippen LogP contribution in [0.4, 0.5) is 10.5 Å². The fourth-order valence-corrected chi connectivity index (χ4v) is 4.74. The average Bonchev–Trinajstić information content (AvgIpc) is 3.26. The number of sulfone groups is 1. The van der Waals surface area contributed by atoms with Crippen LogP contribution in [0, 0.1) is 5.92 Å². The zero-order valence-corrected chi connectivity index (χ0v) is 13.6. The summed E-state index contributed by atoms with van der Waals surface area (Å²) in [4.78, 5) is 14.5. The highest BCUT2D eigenvalue weighted by atomic mass is 32.2. The summed E-state index contributed by atoms with van der Waals surface area (Å²) in [6.45, 7) is 2.07. The number of hydrogen-bond acceptors (Lipinski definition) is 3. The standard InChI is InChI=1S/C16H22N2O3S/c1-12(13-7-8-13)18(15-5-3-2-4-6-15)16(19)17-14-9-10-22(20,21)11-14/h2-6,12-14H,7-11H2,1H3,(H,17,19)/t12-,14+/m0/s1. The number of rotatable bonds is 4. The summed E-state index contributed by atoms with van der Waals surface area (Å²) in [7, 11) is -2.99. The van der Waals surface area contributed by atoms with Gasteiger partial charge in [0.05, 0.1) is 11.5 Å². The summed E-state index contributed by atoms with van der Waals surface area (Å²) in [5.41, 5.74) is 0.861. The molecule has 0 unspecified atom stereocenters. The van der Waals surface area contributed by atoms with Crippen LogP contribution in [0.2, 0.25) is 0 Å². The molecule has 6 heteroatoms. The Labute approximate surface area is 131 Å². The molecule has 1 aliphatic carbocycles. The van der Waals surface area contributed by atoms with Crippen LogP contribution >= 0.6 is 0 Å². The van der Waals surface area contributed by atoms with Crippen molar-refractivity contribution >= 4 is 21.6 Å². The number of para-hydroxylation sites is 1. The minimum atomic E-state index is -2.99. The molecule has 2 aliphatic rings. The topological polar surface area (TPSA) is 66.5 Å². The van der Waals surface area contributed by atoms with Crippen LogP contribution < -0.4 is 10.2 Å². The number of amides is 2. The molecule has 120 valence electrons. The zero-order valence-electron chi connectivity index (χ0n) is 12.7. The van der Waals surface area contributed by atoms with E-state index in [1.165, 1.54) is 0 Å². The van der Waals surface area contributed by atoms with Crippen LogP contribution in [0.1, 0.15) is 26.2 Å². The Morgan fingerprint density at radius 1 is 1.23 bits per heavy atom.